The number of aryl methyl sites for hydroxylation is 3. The van der Waals surface area contributed by atoms with Crippen LogP contribution in [0.1, 0.15) is 21.6 Å². The molecule has 0 saturated carbocycles. The monoisotopic (exact) mass is 397 g/mol. The Kier molecular flexibility index (Phi) is 4.63. The summed E-state index contributed by atoms with van der Waals surface area (Å²) in [7, 11) is 3.82. The lowest BCUT2D eigenvalue weighted by Gasteiger charge is -2.07. The molecular weight excluding hydrogens is 377 g/mol. The van der Waals surface area contributed by atoms with E-state index in [1.807, 2.05) is 54.5 Å². The number of fused-ring (bicyclic) bond motifs is 2. The Balaban J connectivity index is 1.55. The van der Waals surface area contributed by atoms with Gasteiger partial charge in [0.2, 0.25) is 0 Å². The maximum atomic E-state index is 13.6. The van der Waals surface area contributed by atoms with Crippen LogP contribution in [0.4, 0.5) is 4.39 Å². The van der Waals surface area contributed by atoms with Gasteiger partial charge in [-0.15, -0.1) is 0 Å². The first-order chi connectivity index (χ1) is 13.4. The van der Waals surface area contributed by atoms with Gasteiger partial charge in [0.25, 0.3) is 5.91 Å². The Morgan fingerprint density at radius 3 is 2.64 bits per heavy atom. The van der Waals surface area contributed by atoms with Crippen molar-refractivity contribution in [3.05, 3.63) is 70.3 Å². The van der Waals surface area contributed by atoms with Crippen LogP contribution in [-0.4, -0.2) is 21.6 Å². The van der Waals surface area contributed by atoms with Crippen LogP contribution in [-0.2, 0) is 20.5 Å². The molecule has 0 bridgehead atoms. The summed E-state index contributed by atoms with van der Waals surface area (Å²) in [4.78, 5) is 12.8. The molecule has 0 spiro atoms. The molecule has 4 nitrogen and oxygen atoms in total. The third-order valence-electron chi connectivity index (χ3n) is 5.34. The van der Waals surface area contributed by atoms with Gasteiger partial charge in [-0.05, 0) is 60.9 Å². The fourth-order valence-corrected chi connectivity index (χ4v) is 4.13. The van der Waals surface area contributed by atoms with Crippen molar-refractivity contribution in [1.29, 1.82) is 0 Å². The highest BCUT2D eigenvalue weighted by atomic mass is 35.5. The number of carbonyl (C=O) groups is 1. The molecule has 1 N–H and O–H groups in total. The second-order valence-electron chi connectivity index (χ2n) is 7.13. The second kappa shape index (κ2) is 6.99. The zero-order valence-corrected chi connectivity index (χ0v) is 16.8. The van der Waals surface area contributed by atoms with Crippen molar-refractivity contribution >= 4 is 39.3 Å². The third kappa shape index (κ3) is 3.06. The van der Waals surface area contributed by atoms with Gasteiger partial charge in [0.05, 0.1) is 0 Å². The lowest BCUT2D eigenvalue weighted by Crippen LogP contribution is -2.28. The summed E-state index contributed by atoms with van der Waals surface area (Å²) in [5.74, 6) is -0.382. The average Bonchev–Trinajstić information content (AvgIpc) is 3.09. The Morgan fingerprint density at radius 1 is 1.11 bits per heavy atom. The summed E-state index contributed by atoms with van der Waals surface area (Å²) in [6.45, 7) is 2.40. The first kappa shape index (κ1) is 18.6. The number of benzene rings is 2. The number of carbonyl (C=O) groups excluding carboxylic acids is 1. The van der Waals surface area contributed by atoms with Crippen molar-refractivity contribution in [2.24, 2.45) is 14.1 Å². The van der Waals surface area contributed by atoms with Crippen LogP contribution < -0.4 is 5.32 Å². The quantitative estimate of drug-likeness (QED) is 0.530. The Hall–Kier alpha value is -2.79. The van der Waals surface area contributed by atoms with Crippen LogP contribution in [0.3, 0.4) is 0 Å². The minimum absolute atomic E-state index is 0.126. The van der Waals surface area contributed by atoms with Crippen molar-refractivity contribution in [2.45, 2.75) is 13.3 Å². The molecule has 0 unspecified atom stereocenters. The van der Waals surface area contributed by atoms with Crippen molar-refractivity contribution < 1.29 is 9.18 Å². The molecule has 144 valence electrons. The van der Waals surface area contributed by atoms with Gasteiger partial charge in [0, 0.05) is 53.7 Å². The smallest absolute Gasteiger partial charge is 0.268 e. The maximum Gasteiger partial charge on any atom is 0.268 e. The van der Waals surface area contributed by atoms with Crippen LogP contribution >= 0.6 is 11.6 Å². The number of halogens is 2. The topological polar surface area (TPSA) is 39.0 Å². The van der Waals surface area contributed by atoms with Gasteiger partial charge >= 0.3 is 0 Å². The highest BCUT2D eigenvalue weighted by molar-refractivity contribution is 6.31. The molecule has 1 amide bonds. The summed E-state index contributed by atoms with van der Waals surface area (Å²) in [6, 6.07) is 10.4. The first-order valence-corrected chi connectivity index (χ1v) is 9.51. The van der Waals surface area contributed by atoms with Crippen LogP contribution in [0.5, 0.6) is 0 Å². The fraction of sp³-hybridized carbons (Fsp3) is 0.227. The van der Waals surface area contributed by atoms with Gasteiger partial charge in [-0.25, -0.2) is 4.39 Å². The average molecular weight is 398 g/mol. The van der Waals surface area contributed by atoms with E-state index >= 15 is 0 Å². The van der Waals surface area contributed by atoms with Crippen LogP contribution in [0.2, 0.25) is 5.02 Å². The van der Waals surface area contributed by atoms with Crippen LogP contribution in [0.25, 0.3) is 21.8 Å². The molecule has 0 aliphatic rings. The van der Waals surface area contributed by atoms with Crippen molar-refractivity contribution in [2.75, 3.05) is 6.54 Å². The summed E-state index contributed by atoms with van der Waals surface area (Å²) in [5.41, 5.74) is 4.49. The summed E-state index contributed by atoms with van der Waals surface area (Å²) < 4.78 is 17.5. The number of hydrogen-bond acceptors (Lipinski definition) is 1. The van der Waals surface area contributed by atoms with E-state index in [4.69, 9.17) is 11.6 Å². The molecule has 28 heavy (non-hydrogen) atoms. The predicted octanol–water partition coefficient (Wildman–Crippen LogP) is 4.74. The molecule has 0 radical (unpaired) electrons. The summed E-state index contributed by atoms with van der Waals surface area (Å²) >= 11 is 6.11. The largest absolute Gasteiger partial charge is 0.350 e. The van der Waals surface area contributed by atoms with Gasteiger partial charge in [0.15, 0.2) is 0 Å². The number of amides is 1. The van der Waals surface area contributed by atoms with E-state index in [-0.39, 0.29) is 11.7 Å². The molecule has 2 aromatic heterocycles. The fourth-order valence-electron chi connectivity index (χ4n) is 3.96. The van der Waals surface area contributed by atoms with E-state index in [1.165, 1.54) is 6.07 Å². The SMILES string of the molecule is Cc1c(C(=O)NCCc2cn(C)c3ccc(F)cc23)n(C)c2ccc(Cl)cc12. The standard InChI is InChI=1S/C22H21ClFN3O/c1-13-17-10-15(23)4-6-20(17)27(3)21(13)22(28)25-9-8-14-12-26(2)19-7-5-16(24)11-18(14)19/h4-7,10-12H,8-9H2,1-3H3,(H,25,28). The van der Waals surface area contributed by atoms with Crippen LogP contribution in [0.15, 0.2) is 42.6 Å². The van der Waals surface area contributed by atoms with Crippen molar-refractivity contribution in [3.63, 3.8) is 0 Å². The van der Waals surface area contributed by atoms with Gasteiger partial charge in [0.1, 0.15) is 11.5 Å². The number of nitrogens with one attached hydrogen (secondary N) is 1. The lowest BCUT2D eigenvalue weighted by molar-refractivity contribution is 0.0946. The predicted molar refractivity (Wildman–Crippen MR) is 112 cm³/mol. The zero-order valence-electron chi connectivity index (χ0n) is 16.0. The molecule has 2 heterocycles. The van der Waals surface area contributed by atoms with Gasteiger partial charge in [-0.3, -0.25) is 4.79 Å². The highest BCUT2D eigenvalue weighted by Crippen LogP contribution is 2.27. The molecule has 0 fully saturated rings. The van der Waals surface area contributed by atoms with E-state index in [1.54, 1.807) is 12.1 Å². The van der Waals surface area contributed by atoms with E-state index in [9.17, 15) is 9.18 Å². The Morgan fingerprint density at radius 2 is 1.86 bits per heavy atom. The van der Waals surface area contributed by atoms with Crippen molar-refractivity contribution in [3.8, 4) is 0 Å². The van der Waals surface area contributed by atoms with Crippen molar-refractivity contribution in [1.82, 2.24) is 14.5 Å². The number of hydrogen-bond donors (Lipinski definition) is 1. The molecule has 0 aliphatic carbocycles. The molecule has 6 heteroatoms. The Labute approximate surface area is 167 Å². The van der Waals surface area contributed by atoms with Gasteiger partial charge in [-0.2, -0.15) is 0 Å². The van der Waals surface area contributed by atoms with E-state index in [0.29, 0.717) is 23.7 Å². The molecule has 0 aliphatic heterocycles. The second-order valence-corrected chi connectivity index (χ2v) is 7.56. The molecule has 0 atom stereocenters. The lowest BCUT2D eigenvalue weighted by atomic mass is 10.1. The third-order valence-corrected chi connectivity index (χ3v) is 5.58. The van der Waals surface area contributed by atoms with Crippen LogP contribution in [0, 0.1) is 12.7 Å². The summed E-state index contributed by atoms with van der Waals surface area (Å²) in [6.07, 6.45) is 2.61. The molecule has 4 aromatic rings. The van der Waals surface area contributed by atoms with E-state index in [0.717, 1.165) is 32.9 Å². The highest BCUT2D eigenvalue weighted by Gasteiger charge is 2.18. The van der Waals surface area contributed by atoms with Gasteiger partial charge < -0.3 is 14.5 Å². The number of aromatic nitrogens is 2. The minimum Gasteiger partial charge on any atom is -0.350 e. The minimum atomic E-state index is -0.256. The van der Waals surface area contributed by atoms with E-state index in [2.05, 4.69) is 5.32 Å². The number of nitrogens with zero attached hydrogens (tertiary/aromatic N) is 2. The Bertz CT molecular complexity index is 1220. The molecular formula is C22H21ClFN3O. The normalized spacial score (nSPS) is 11.5. The molecule has 2 aromatic carbocycles. The maximum absolute atomic E-state index is 13.6. The zero-order chi connectivity index (χ0) is 20.0. The van der Waals surface area contributed by atoms with Gasteiger partial charge in [-0.1, -0.05) is 11.6 Å². The molecule has 0 saturated heterocycles. The van der Waals surface area contributed by atoms with E-state index < -0.39 is 0 Å². The summed E-state index contributed by atoms with van der Waals surface area (Å²) in [5, 5.41) is 5.51. The first-order valence-electron chi connectivity index (χ1n) is 9.13. The molecule has 4 rings (SSSR count). The number of rotatable bonds is 4.